The topological polar surface area (TPSA) is 90.4 Å². The molecule has 4 heterocycles. The molecule has 0 aliphatic carbocycles. The summed E-state index contributed by atoms with van der Waals surface area (Å²) >= 11 is 1.55. The van der Waals surface area contributed by atoms with Gasteiger partial charge in [-0.05, 0) is 37.1 Å². The number of likely N-dealkylation sites (N-methyl/N-ethyl adjacent to an activating group) is 1. The van der Waals surface area contributed by atoms with Gasteiger partial charge in [-0.3, -0.25) is 14.4 Å². The third-order valence-corrected chi connectivity index (χ3v) is 10.2. The Morgan fingerprint density at radius 2 is 1.70 bits per heavy atom. The smallest absolute Gasteiger partial charge is 0.251 e. The standard InChI is InChI=1S/C28H35N3O5S/c1-17(2)20(16-32)31-23-26(35)30(18-8-10-19(36-5)11-9-18)15-7-13-28(23)22(25(31)34)21-24(33)29(4)14-6-12-27(21,3)37-28/h6-13,17,20-23,32H,14-16H2,1-5H3/t20-,21+,22-,23?,27-,28-/m0/s1. The summed E-state index contributed by atoms with van der Waals surface area (Å²) in [4.78, 5) is 47.5. The molecule has 6 atom stereocenters. The van der Waals surface area contributed by atoms with Crippen LogP contribution in [0.2, 0.25) is 0 Å². The van der Waals surface area contributed by atoms with Gasteiger partial charge in [0.25, 0.3) is 5.91 Å². The number of amides is 3. The molecular weight excluding hydrogens is 490 g/mol. The third kappa shape index (κ3) is 3.73. The van der Waals surface area contributed by atoms with Crippen LogP contribution in [-0.2, 0) is 14.4 Å². The second-order valence-corrected chi connectivity index (χ2v) is 12.7. The number of benzene rings is 1. The van der Waals surface area contributed by atoms with E-state index in [1.165, 1.54) is 0 Å². The Kier molecular flexibility index (Phi) is 6.43. The Labute approximate surface area is 222 Å². The molecule has 1 aromatic carbocycles. The number of nitrogens with zero attached hydrogens (tertiary/aromatic N) is 3. The molecule has 2 fully saturated rings. The van der Waals surface area contributed by atoms with Crippen LogP contribution in [0.15, 0.2) is 48.6 Å². The van der Waals surface area contributed by atoms with Crippen molar-refractivity contribution in [1.82, 2.24) is 9.80 Å². The van der Waals surface area contributed by atoms with E-state index in [0.29, 0.717) is 24.5 Å². The average molecular weight is 526 g/mol. The van der Waals surface area contributed by atoms with E-state index in [9.17, 15) is 19.5 Å². The minimum Gasteiger partial charge on any atom is -0.497 e. The average Bonchev–Trinajstić information content (AvgIpc) is 3.14. The van der Waals surface area contributed by atoms with Gasteiger partial charge in [-0.25, -0.2) is 0 Å². The lowest BCUT2D eigenvalue weighted by Crippen LogP contribution is -2.58. The van der Waals surface area contributed by atoms with E-state index in [1.807, 2.05) is 57.2 Å². The molecule has 1 spiro atoms. The fraction of sp³-hybridized carbons (Fsp3) is 0.536. The lowest BCUT2D eigenvalue weighted by molar-refractivity contribution is -0.145. The van der Waals surface area contributed by atoms with E-state index in [0.717, 1.165) is 0 Å². The second-order valence-electron chi connectivity index (χ2n) is 10.9. The van der Waals surface area contributed by atoms with Crippen LogP contribution in [0, 0.1) is 17.8 Å². The van der Waals surface area contributed by atoms with Gasteiger partial charge < -0.3 is 24.5 Å². The molecule has 198 valence electrons. The minimum absolute atomic E-state index is 0.0805. The summed E-state index contributed by atoms with van der Waals surface area (Å²) in [5.74, 6) is -1.24. The third-order valence-electron chi connectivity index (χ3n) is 8.39. The summed E-state index contributed by atoms with van der Waals surface area (Å²) in [6.07, 6.45) is 7.98. The number of carbonyl (C=O) groups excluding carboxylic acids is 3. The lowest BCUT2D eigenvalue weighted by Gasteiger charge is -2.41. The van der Waals surface area contributed by atoms with Gasteiger partial charge in [-0.2, -0.15) is 0 Å². The van der Waals surface area contributed by atoms with Gasteiger partial charge in [-0.15, -0.1) is 11.8 Å². The zero-order valence-electron chi connectivity index (χ0n) is 22.0. The van der Waals surface area contributed by atoms with Crippen molar-refractivity contribution >= 4 is 35.2 Å². The van der Waals surface area contributed by atoms with Crippen molar-refractivity contribution in [3.05, 3.63) is 48.6 Å². The Bertz CT molecular complexity index is 1170. The van der Waals surface area contributed by atoms with Gasteiger partial charge in [-0.1, -0.05) is 38.2 Å². The quantitative estimate of drug-likeness (QED) is 0.594. The fourth-order valence-corrected chi connectivity index (χ4v) is 8.70. The molecule has 37 heavy (non-hydrogen) atoms. The van der Waals surface area contributed by atoms with Gasteiger partial charge in [0.05, 0.1) is 36.3 Å². The van der Waals surface area contributed by atoms with Gasteiger partial charge in [0.1, 0.15) is 11.8 Å². The van der Waals surface area contributed by atoms with Crippen LogP contribution in [0.3, 0.4) is 0 Å². The van der Waals surface area contributed by atoms with E-state index in [2.05, 4.69) is 0 Å². The number of anilines is 1. The van der Waals surface area contributed by atoms with Crippen LogP contribution in [0.25, 0.3) is 0 Å². The van der Waals surface area contributed by atoms with Crippen LogP contribution in [-0.4, -0.2) is 88.1 Å². The molecule has 1 unspecified atom stereocenters. The molecule has 2 saturated heterocycles. The minimum atomic E-state index is -0.935. The largest absolute Gasteiger partial charge is 0.497 e. The molecule has 0 aromatic heterocycles. The van der Waals surface area contributed by atoms with E-state index >= 15 is 0 Å². The zero-order chi connectivity index (χ0) is 26.7. The first-order chi connectivity index (χ1) is 17.6. The summed E-state index contributed by atoms with van der Waals surface area (Å²) in [7, 11) is 3.35. The molecule has 4 aliphatic heterocycles. The van der Waals surface area contributed by atoms with Crippen LogP contribution in [0.4, 0.5) is 5.69 Å². The molecule has 5 rings (SSSR count). The predicted octanol–water partition coefficient (Wildman–Crippen LogP) is 2.33. The van der Waals surface area contributed by atoms with Crippen LogP contribution < -0.4 is 9.64 Å². The highest BCUT2D eigenvalue weighted by atomic mass is 32.2. The van der Waals surface area contributed by atoms with E-state index in [1.54, 1.807) is 52.8 Å². The van der Waals surface area contributed by atoms with Crippen molar-refractivity contribution in [3.8, 4) is 5.75 Å². The highest BCUT2D eigenvalue weighted by Gasteiger charge is 2.74. The number of methoxy groups -OCH3 is 1. The number of aliphatic hydroxyl groups is 1. The molecule has 1 N–H and O–H groups in total. The first-order valence-electron chi connectivity index (χ1n) is 12.8. The van der Waals surface area contributed by atoms with Crippen molar-refractivity contribution in [3.63, 3.8) is 0 Å². The van der Waals surface area contributed by atoms with Gasteiger partial charge >= 0.3 is 0 Å². The van der Waals surface area contributed by atoms with E-state index in [4.69, 9.17) is 4.74 Å². The molecule has 9 heteroatoms. The van der Waals surface area contributed by atoms with Gasteiger partial charge in [0.2, 0.25) is 11.8 Å². The number of ether oxygens (including phenoxy) is 1. The fourth-order valence-electron chi connectivity index (χ4n) is 6.55. The normalized spacial score (nSPS) is 33.9. The van der Waals surface area contributed by atoms with Crippen LogP contribution in [0.5, 0.6) is 5.75 Å². The Hall–Kier alpha value is -2.78. The van der Waals surface area contributed by atoms with Crippen molar-refractivity contribution in [1.29, 1.82) is 0 Å². The van der Waals surface area contributed by atoms with Gasteiger partial charge in [0.15, 0.2) is 0 Å². The summed E-state index contributed by atoms with van der Waals surface area (Å²) in [5, 5.41) is 10.4. The zero-order valence-corrected chi connectivity index (χ0v) is 22.8. The molecule has 1 aromatic rings. The number of hydrogen-bond acceptors (Lipinski definition) is 6. The summed E-state index contributed by atoms with van der Waals surface area (Å²) in [6.45, 7) is 6.46. The molecule has 3 amide bonds. The van der Waals surface area contributed by atoms with Crippen LogP contribution >= 0.6 is 11.8 Å². The maximum atomic E-state index is 14.5. The number of likely N-dealkylation sites (tertiary alicyclic amines) is 1. The Morgan fingerprint density at radius 3 is 2.32 bits per heavy atom. The number of rotatable bonds is 5. The SMILES string of the molecule is COc1ccc(N2CC=C[C@]34S[C@@]5(C)C=CCN(C)C(=O)[C@H]5[C@H]3C(=O)N([C@@H](CO)C(C)C)C4C2=O)cc1. The Balaban J connectivity index is 1.67. The summed E-state index contributed by atoms with van der Waals surface area (Å²) in [5.41, 5.74) is 0.701. The predicted molar refractivity (Wildman–Crippen MR) is 143 cm³/mol. The maximum absolute atomic E-state index is 14.5. The van der Waals surface area contributed by atoms with Crippen LogP contribution in [0.1, 0.15) is 20.8 Å². The Morgan fingerprint density at radius 1 is 1.03 bits per heavy atom. The molecule has 0 saturated carbocycles. The summed E-state index contributed by atoms with van der Waals surface area (Å²) in [6, 6.07) is 5.88. The monoisotopic (exact) mass is 525 g/mol. The highest BCUT2D eigenvalue weighted by Crippen LogP contribution is 2.66. The number of hydrogen-bond donors (Lipinski definition) is 1. The lowest BCUT2D eigenvalue weighted by atomic mass is 9.74. The summed E-state index contributed by atoms with van der Waals surface area (Å²) < 4.78 is 3.71. The molecule has 0 bridgehead atoms. The van der Waals surface area contributed by atoms with Crippen molar-refractivity contribution in [2.24, 2.45) is 17.8 Å². The molecule has 0 radical (unpaired) electrons. The highest BCUT2D eigenvalue weighted by molar-refractivity contribution is 8.02. The first kappa shape index (κ1) is 25.9. The second kappa shape index (κ2) is 9.20. The number of thioether (sulfide) groups is 1. The van der Waals surface area contributed by atoms with Crippen molar-refractivity contribution in [2.75, 3.05) is 38.8 Å². The van der Waals surface area contributed by atoms with E-state index in [-0.39, 0.29) is 30.2 Å². The van der Waals surface area contributed by atoms with Crippen molar-refractivity contribution in [2.45, 2.75) is 42.3 Å². The molecule has 8 nitrogen and oxygen atoms in total. The molecular formula is C28H35N3O5S. The van der Waals surface area contributed by atoms with E-state index < -0.39 is 33.4 Å². The van der Waals surface area contributed by atoms with Gasteiger partial charge in [0, 0.05) is 30.6 Å². The maximum Gasteiger partial charge on any atom is 0.251 e. The van der Waals surface area contributed by atoms with Crippen molar-refractivity contribution < 1.29 is 24.2 Å². The number of carbonyl (C=O) groups is 3. The number of fused-ring (bicyclic) bond motifs is 2. The number of aliphatic hydroxyl groups excluding tert-OH is 1. The molecule has 4 aliphatic rings. The first-order valence-corrected chi connectivity index (χ1v) is 13.6.